The monoisotopic (exact) mass is 362 g/mol. The van der Waals surface area contributed by atoms with E-state index in [4.69, 9.17) is 13.9 Å². The van der Waals surface area contributed by atoms with Crippen molar-refractivity contribution >= 4 is 21.1 Å². The lowest BCUT2D eigenvalue weighted by Gasteiger charge is -2.07. The predicted molar refractivity (Wildman–Crippen MR) is 88.0 cm³/mol. The summed E-state index contributed by atoms with van der Waals surface area (Å²) < 4.78 is 44.3. The normalized spacial score (nSPS) is 13.5. The predicted octanol–water partition coefficient (Wildman–Crippen LogP) is 1.34. The van der Waals surface area contributed by atoms with Gasteiger partial charge in [0.05, 0.1) is 10.4 Å². The van der Waals surface area contributed by atoms with Crippen molar-refractivity contribution in [1.29, 1.82) is 0 Å². The minimum Gasteiger partial charge on any atom is -0.454 e. The third-order valence-electron chi connectivity index (χ3n) is 3.98. The number of oxazole rings is 1. The molecule has 9 heteroatoms. The van der Waals surface area contributed by atoms with Gasteiger partial charge in [-0.2, -0.15) is 0 Å². The molecule has 8 nitrogen and oxygen atoms in total. The van der Waals surface area contributed by atoms with Crippen LogP contribution in [0.15, 0.2) is 50.5 Å². The molecule has 1 aromatic heterocycles. The topological polar surface area (TPSA) is 99.8 Å². The highest BCUT2D eigenvalue weighted by molar-refractivity contribution is 7.89. The SMILES string of the molecule is Cn1c(=O)oc2cc(S(=O)(=O)NCc3ccc4c(c3)OCO4)ccc21. The van der Waals surface area contributed by atoms with Crippen LogP contribution in [-0.2, 0) is 23.6 Å². The Bertz CT molecular complexity index is 1130. The van der Waals surface area contributed by atoms with Gasteiger partial charge in [-0.25, -0.2) is 17.9 Å². The average Bonchev–Trinajstić information content (AvgIpc) is 3.17. The van der Waals surface area contributed by atoms with Crippen LogP contribution in [0, 0.1) is 0 Å². The lowest BCUT2D eigenvalue weighted by atomic mass is 10.2. The second-order valence-corrected chi connectivity index (χ2v) is 7.34. The van der Waals surface area contributed by atoms with Gasteiger partial charge in [-0.05, 0) is 29.8 Å². The van der Waals surface area contributed by atoms with Crippen LogP contribution < -0.4 is 20.0 Å². The molecule has 0 fully saturated rings. The molecule has 130 valence electrons. The van der Waals surface area contributed by atoms with Crippen LogP contribution >= 0.6 is 0 Å². The summed E-state index contributed by atoms with van der Waals surface area (Å²) in [6.07, 6.45) is 0. The number of ether oxygens (including phenoxy) is 2. The summed E-state index contributed by atoms with van der Waals surface area (Å²) in [6, 6.07) is 9.52. The summed E-state index contributed by atoms with van der Waals surface area (Å²) in [4.78, 5) is 11.5. The summed E-state index contributed by atoms with van der Waals surface area (Å²) in [5.74, 6) is 0.679. The smallest absolute Gasteiger partial charge is 0.419 e. The molecule has 0 aliphatic carbocycles. The zero-order valence-corrected chi connectivity index (χ0v) is 14.0. The molecule has 1 aliphatic heterocycles. The number of sulfonamides is 1. The van der Waals surface area contributed by atoms with Crippen LogP contribution in [0.4, 0.5) is 0 Å². The second kappa shape index (κ2) is 5.64. The number of rotatable bonds is 4. The summed E-state index contributed by atoms with van der Waals surface area (Å²) in [5, 5.41) is 0. The molecule has 0 saturated carbocycles. The van der Waals surface area contributed by atoms with Crippen molar-refractivity contribution in [2.75, 3.05) is 6.79 Å². The van der Waals surface area contributed by atoms with E-state index in [1.807, 2.05) is 0 Å². The molecule has 0 saturated heterocycles. The van der Waals surface area contributed by atoms with E-state index in [1.165, 1.54) is 22.8 Å². The molecule has 0 atom stereocenters. The number of benzene rings is 2. The first kappa shape index (κ1) is 15.7. The van der Waals surface area contributed by atoms with E-state index in [2.05, 4.69) is 4.72 Å². The van der Waals surface area contributed by atoms with E-state index in [0.717, 1.165) is 5.56 Å². The molecule has 25 heavy (non-hydrogen) atoms. The Hall–Kier alpha value is -2.78. The quantitative estimate of drug-likeness (QED) is 0.752. The van der Waals surface area contributed by atoms with Gasteiger partial charge in [0, 0.05) is 19.7 Å². The summed E-state index contributed by atoms with van der Waals surface area (Å²) >= 11 is 0. The van der Waals surface area contributed by atoms with E-state index in [1.54, 1.807) is 25.2 Å². The van der Waals surface area contributed by atoms with E-state index < -0.39 is 15.8 Å². The summed E-state index contributed by atoms with van der Waals surface area (Å²) in [5.41, 5.74) is 1.48. The molecule has 2 aromatic carbocycles. The van der Waals surface area contributed by atoms with Gasteiger partial charge in [-0.1, -0.05) is 6.07 Å². The summed E-state index contributed by atoms with van der Waals surface area (Å²) in [6.45, 7) is 0.253. The number of aromatic nitrogens is 1. The fourth-order valence-electron chi connectivity index (χ4n) is 2.59. The van der Waals surface area contributed by atoms with Crippen molar-refractivity contribution < 1.29 is 22.3 Å². The van der Waals surface area contributed by atoms with E-state index in [9.17, 15) is 13.2 Å². The van der Waals surface area contributed by atoms with Crippen LogP contribution in [0.1, 0.15) is 5.56 Å². The van der Waals surface area contributed by atoms with Gasteiger partial charge in [-0.15, -0.1) is 0 Å². The van der Waals surface area contributed by atoms with Gasteiger partial charge in [0.2, 0.25) is 16.8 Å². The number of nitrogens with one attached hydrogen (secondary N) is 1. The third-order valence-corrected chi connectivity index (χ3v) is 5.38. The van der Waals surface area contributed by atoms with Crippen molar-refractivity contribution in [2.24, 2.45) is 7.05 Å². The summed E-state index contributed by atoms with van der Waals surface area (Å²) in [7, 11) is -2.21. The molecule has 0 amide bonds. The average molecular weight is 362 g/mol. The molecule has 4 rings (SSSR count). The number of nitrogens with zero attached hydrogens (tertiary/aromatic N) is 1. The highest BCUT2D eigenvalue weighted by Gasteiger charge is 2.18. The Balaban J connectivity index is 1.58. The highest BCUT2D eigenvalue weighted by Crippen LogP contribution is 2.32. The second-order valence-electron chi connectivity index (χ2n) is 5.57. The maximum absolute atomic E-state index is 12.5. The number of fused-ring (bicyclic) bond motifs is 2. The fraction of sp³-hybridized carbons (Fsp3) is 0.188. The molecule has 3 aromatic rings. The third kappa shape index (κ3) is 2.77. The minimum atomic E-state index is -3.76. The number of hydrogen-bond donors (Lipinski definition) is 1. The van der Waals surface area contributed by atoms with Crippen LogP contribution in [0.5, 0.6) is 11.5 Å². The number of hydrogen-bond acceptors (Lipinski definition) is 6. The Labute approximate surface area is 142 Å². The van der Waals surface area contributed by atoms with Gasteiger partial charge in [0.1, 0.15) is 0 Å². The van der Waals surface area contributed by atoms with Crippen molar-refractivity contribution in [1.82, 2.24) is 9.29 Å². The Kier molecular flexibility index (Phi) is 3.55. The Morgan fingerprint density at radius 2 is 1.92 bits per heavy atom. The minimum absolute atomic E-state index is 0.0232. The molecule has 0 spiro atoms. The Morgan fingerprint density at radius 1 is 1.12 bits per heavy atom. The van der Waals surface area contributed by atoms with Crippen molar-refractivity contribution in [3.63, 3.8) is 0 Å². The lowest BCUT2D eigenvalue weighted by Crippen LogP contribution is -2.23. The maximum atomic E-state index is 12.5. The van der Waals surface area contributed by atoms with Crippen LogP contribution in [0.3, 0.4) is 0 Å². The molecule has 0 unspecified atom stereocenters. The molecule has 1 N–H and O–H groups in total. The fourth-order valence-corrected chi connectivity index (χ4v) is 3.63. The van der Waals surface area contributed by atoms with Crippen molar-refractivity contribution in [2.45, 2.75) is 11.4 Å². The van der Waals surface area contributed by atoms with Gasteiger partial charge in [0.25, 0.3) is 0 Å². The van der Waals surface area contributed by atoms with Crippen LogP contribution in [0.25, 0.3) is 11.1 Å². The molecule has 2 heterocycles. The highest BCUT2D eigenvalue weighted by atomic mass is 32.2. The van der Waals surface area contributed by atoms with Crippen LogP contribution in [0.2, 0.25) is 0 Å². The van der Waals surface area contributed by atoms with Crippen molar-refractivity contribution in [3.05, 3.63) is 52.5 Å². The molecular formula is C16H14N2O6S. The first-order chi connectivity index (χ1) is 11.9. The molecular weight excluding hydrogens is 348 g/mol. The molecule has 0 bridgehead atoms. The maximum Gasteiger partial charge on any atom is 0.419 e. The standard InChI is InChI=1S/C16H14N2O6S/c1-18-12-4-3-11(7-14(12)24-16(18)19)25(20,21)17-8-10-2-5-13-15(6-10)23-9-22-13/h2-7,17H,8-9H2,1H3. The van der Waals surface area contributed by atoms with Crippen LogP contribution in [-0.4, -0.2) is 19.8 Å². The van der Waals surface area contributed by atoms with Gasteiger partial charge >= 0.3 is 5.76 Å². The first-order valence-electron chi connectivity index (χ1n) is 7.42. The van der Waals surface area contributed by atoms with E-state index in [-0.39, 0.29) is 23.8 Å². The van der Waals surface area contributed by atoms with Gasteiger partial charge < -0.3 is 13.9 Å². The molecule has 0 radical (unpaired) electrons. The Morgan fingerprint density at radius 3 is 2.76 bits per heavy atom. The van der Waals surface area contributed by atoms with Gasteiger partial charge in [-0.3, -0.25) is 4.57 Å². The zero-order chi connectivity index (χ0) is 17.6. The lowest BCUT2D eigenvalue weighted by molar-refractivity contribution is 0.174. The van der Waals surface area contributed by atoms with Crippen molar-refractivity contribution in [3.8, 4) is 11.5 Å². The van der Waals surface area contributed by atoms with E-state index in [0.29, 0.717) is 17.0 Å². The van der Waals surface area contributed by atoms with E-state index >= 15 is 0 Å². The van der Waals surface area contributed by atoms with Gasteiger partial charge in [0.15, 0.2) is 17.1 Å². The zero-order valence-electron chi connectivity index (χ0n) is 13.2. The molecule has 1 aliphatic rings. The first-order valence-corrected chi connectivity index (χ1v) is 8.90. The largest absolute Gasteiger partial charge is 0.454 e. The number of aryl methyl sites for hydroxylation is 1.